The van der Waals surface area contributed by atoms with E-state index < -0.39 is 10.0 Å². The Balaban J connectivity index is 1.57. The Hall–Kier alpha value is -2.91. The first kappa shape index (κ1) is 25.2. The van der Waals surface area contributed by atoms with E-state index in [1.54, 1.807) is 25.3 Å². The highest BCUT2D eigenvalue weighted by Gasteiger charge is 2.27. The van der Waals surface area contributed by atoms with Crippen LogP contribution >= 0.6 is 0 Å². The molecule has 4 rings (SSSR count). The van der Waals surface area contributed by atoms with Crippen molar-refractivity contribution in [2.24, 2.45) is 7.05 Å². The van der Waals surface area contributed by atoms with Crippen LogP contribution < -0.4 is 9.64 Å². The van der Waals surface area contributed by atoms with E-state index in [1.165, 1.54) is 15.4 Å². The number of aryl methyl sites for hydroxylation is 3. The van der Waals surface area contributed by atoms with Gasteiger partial charge in [-0.1, -0.05) is 19.9 Å². The van der Waals surface area contributed by atoms with Crippen LogP contribution in [0.15, 0.2) is 35.2 Å². The van der Waals surface area contributed by atoms with Crippen LogP contribution in [0.2, 0.25) is 0 Å². The lowest BCUT2D eigenvalue weighted by atomic mass is 9.96. The van der Waals surface area contributed by atoms with Crippen molar-refractivity contribution < 1.29 is 17.9 Å². The van der Waals surface area contributed by atoms with Gasteiger partial charge in [0.15, 0.2) is 0 Å². The second kappa shape index (κ2) is 9.99. The Labute approximate surface area is 207 Å². The molecular weight excluding hydrogens is 464 g/mol. The predicted molar refractivity (Wildman–Crippen MR) is 138 cm³/mol. The number of fused-ring (bicyclic) bond motifs is 2. The summed E-state index contributed by atoms with van der Waals surface area (Å²) in [6.45, 7) is 7.22. The lowest BCUT2D eigenvalue weighted by molar-refractivity contribution is -0.118. The highest BCUT2D eigenvalue weighted by Crippen LogP contribution is 2.38. The van der Waals surface area contributed by atoms with Crippen molar-refractivity contribution in [1.82, 2.24) is 13.9 Å². The summed E-state index contributed by atoms with van der Waals surface area (Å²) in [5.41, 5.74) is 4.69. The Morgan fingerprint density at radius 3 is 2.60 bits per heavy atom. The number of sulfonamides is 1. The van der Waals surface area contributed by atoms with Gasteiger partial charge in [0.1, 0.15) is 11.6 Å². The molecule has 1 aliphatic heterocycles. The van der Waals surface area contributed by atoms with Crippen LogP contribution in [0.5, 0.6) is 5.75 Å². The number of aromatic nitrogens is 2. The first-order valence-corrected chi connectivity index (χ1v) is 13.6. The van der Waals surface area contributed by atoms with Gasteiger partial charge in [0.05, 0.1) is 28.7 Å². The highest BCUT2D eigenvalue weighted by atomic mass is 32.2. The summed E-state index contributed by atoms with van der Waals surface area (Å²) in [4.78, 5) is 20.1. The fourth-order valence-electron chi connectivity index (χ4n) is 4.95. The molecule has 1 aromatic heterocycles. The number of rotatable bonds is 8. The number of carbonyl (C=O) groups is 1. The van der Waals surface area contributed by atoms with Crippen LogP contribution in [0, 0.1) is 6.92 Å². The molecule has 8 nitrogen and oxygen atoms in total. The van der Waals surface area contributed by atoms with Gasteiger partial charge in [0, 0.05) is 39.5 Å². The van der Waals surface area contributed by atoms with Gasteiger partial charge in [-0.25, -0.2) is 13.4 Å². The lowest BCUT2D eigenvalue weighted by Gasteiger charge is -2.32. The van der Waals surface area contributed by atoms with E-state index in [2.05, 4.69) is 6.92 Å². The van der Waals surface area contributed by atoms with Gasteiger partial charge in [-0.3, -0.25) is 4.79 Å². The van der Waals surface area contributed by atoms with E-state index in [0.717, 1.165) is 35.6 Å². The van der Waals surface area contributed by atoms with Crippen LogP contribution in [-0.4, -0.2) is 54.9 Å². The monoisotopic (exact) mass is 498 g/mol. The van der Waals surface area contributed by atoms with E-state index in [4.69, 9.17) is 9.72 Å². The SMILES string of the molecule is CCN(CC)S(=O)(=O)c1ccc2c(c1)nc(CCC(=O)N1CCCc3c(C)ccc(OC)c31)n2C. The predicted octanol–water partition coefficient (Wildman–Crippen LogP) is 3.83. The van der Waals surface area contributed by atoms with Crippen molar-refractivity contribution in [3.63, 3.8) is 0 Å². The van der Waals surface area contributed by atoms with Gasteiger partial charge in [-0.05, 0) is 55.2 Å². The minimum absolute atomic E-state index is 0.0340. The van der Waals surface area contributed by atoms with E-state index >= 15 is 0 Å². The van der Waals surface area contributed by atoms with Crippen LogP contribution in [-0.2, 0) is 34.7 Å². The van der Waals surface area contributed by atoms with Crippen LogP contribution in [0.3, 0.4) is 0 Å². The Morgan fingerprint density at radius 1 is 1.17 bits per heavy atom. The van der Waals surface area contributed by atoms with Crippen molar-refractivity contribution in [1.29, 1.82) is 0 Å². The average Bonchev–Trinajstić information content (AvgIpc) is 3.18. The van der Waals surface area contributed by atoms with Crippen molar-refractivity contribution in [3.05, 3.63) is 47.3 Å². The number of amides is 1. The summed E-state index contributed by atoms with van der Waals surface area (Å²) in [5, 5.41) is 0. The molecule has 0 aliphatic carbocycles. The third kappa shape index (κ3) is 4.54. The summed E-state index contributed by atoms with van der Waals surface area (Å²) in [7, 11) is -0.0293. The molecule has 0 radical (unpaired) electrons. The molecule has 0 saturated carbocycles. The normalized spacial score (nSPS) is 13.9. The topological polar surface area (TPSA) is 84.7 Å². The maximum absolute atomic E-state index is 13.3. The van der Waals surface area contributed by atoms with Crippen molar-refractivity contribution >= 4 is 32.7 Å². The second-order valence-electron chi connectivity index (χ2n) is 8.89. The molecule has 0 saturated heterocycles. The smallest absolute Gasteiger partial charge is 0.243 e. The van der Waals surface area contributed by atoms with Gasteiger partial charge in [-0.15, -0.1) is 0 Å². The molecule has 2 heterocycles. The molecule has 1 aliphatic rings. The molecule has 188 valence electrons. The molecule has 0 N–H and O–H groups in total. The van der Waals surface area contributed by atoms with Crippen LogP contribution in [0.25, 0.3) is 11.0 Å². The van der Waals surface area contributed by atoms with Gasteiger partial charge in [-0.2, -0.15) is 4.31 Å². The minimum atomic E-state index is -3.56. The largest absolute Gasteiger partial charge is 0.495 e. The summed E-state index contributed by atoms with van der Waals surface area (Å²) >= 11 is 0. The van der Waals surface area contributed by atoms with Crippen molar-refractivity contribution in [3.8, 4) is 5.75 Å². The van der Waals surface area contributed by atoms with Crippen LogP contribution in [0.4, 0.5) is 5.69 Å². The summed E-state index contributed by atoms with van der Waals surface area (Å²) < 4.78 is 34.8. The zero-order valence-electron chi connectivity index (χ0n) is 21.2. The molecule has 0 bridgehead atoms. The summed E-state index contributed by atoms with van der Waals surface area (Å²) in [6.07, 6.45) is 2.62. The number of benzene rings is 2. The van der Waals surface area contributed by atoms with Gasteiger partial charge < -0.3 is 14.2 Å². The quantitative estimate of drug-likeness (QED) is 0.471. The number of imidazole rings is 1. The number of hydrogen-bond donors (Lipinski definition) is 0. The Bertz CT molecular complexity index is 1360. The third-order valence-electron chi connectivity index (χ3n) is 6.93. The molecule has 0 spiro atoms. The van der Waals surface area contributed by atoms with Gasteiger partial charge in [0.25, 0.3) is 0 Å². The molecular formula is C26H34N4O4S. The fraction of sp³-hybridized carbons (Fsp3) is 0.462. The van der Waals surface area contributed by atoms with Gasteiger partial charge >= 0.3 is 0 Å². The zero-order chi connectivity index (χ0) is 25.3. The third-order valence-corrected chi connectivity index (χ3v) is 8.98. The second-order valence-corrected chi connectivity index (χ2v) is 10.8. The number of anilines is 1. The Morgan fingerprint density at radius 2 is 1.91 bits per heavy atom. The van der Waals surface area contributed by atoms with E-state index in [9.17, 15) is 13.2 Å². The number of methoxy groups -OCH3 is 1. The van der Waals surface area contributed by atoms with E-state index in [-0.39, 0.29) is 10.8 Å². The number of ether oxygens (including phenoxy) is 1. The van der Waals surface area contributed by atoms with E-state index in [0.29, 0.717) is 38.0 Å². The van der Waals surface area contributed by atoms with Crippen LogP contribution in [0.1, 0.15) is 43.6 Å². The van der Waals surface area contributed by atoms with E-state index in [1.807, 2.05) is 42.5 Å². The van der Waals surface area contributed by atoms with Gasteiger partial charge in [0.2, 0.25) is 15.9 Å². The molecule has 35 heavy (non-hydrogen) atoms. The molecule has 1 amide bonds. The highest BCUT2D eigenvalue weighted by molar-refractivity contribution is 7.89. The molecule has 2 aromatic carbocycles. The lowest BCUT2D eigenvalue weighted by Crippen LogP contribution is -2.36. The first-order valence-electron chi connectivity index (χ1n) is 12.1. The average molecular weight is 499 g/mol. The molecule has 0 atom stereocenters. The fourth-order valence-corrected chi connectivity index (χ4v) is 6.43. The standard InChI is InChI=1S/C26H34N4O4S/c1-6-29(7-2)35(32,33)19-11-12-22-21(17-19)27-24(28(22)4)14-15-25(31)30-16-8-9-20-18(3)10-13-23(34-5)26(20)30/h10-13,17H,6-9,14-16H2,1-5H3. The molecule has 9 heteroatoms. The van der Waals surface area contributed by atoms with Crippen molar-refractivity contribution in [2.75, 3.05) is 31.6 Å². The molecule has 3 aromatic rings. The first-order chi connectivity index (χ1) is 16.7. The number of carbonyl (C=O) groups excluding carboxylic acids is 1. The molecule has 0 fully saturated rings. The maximum atomic E-state index is 13.3. The minimum Gasteiger partial charge on any atom is -0.495 e. The molecule has 0 unspecified atom stereocenters. The Kier molecular flexibility index (Phi) is 7.19. The summed E-state index contributed by atoms with van der Waals surface area (Å²) in [6, 6.07) is 9.02. The number of nitrogens with zero attached hydrogens (tertiary/aromatic N) is 4. The van der Waals surface area contributed by atoms with Crippen molar-refractivity contribution in [2.45, 2.75) is 51.3 Å². The maximum Gasteiger partial charge on any atom is 0.243 e. The summed E-state index contributed by atoms with van der Waals surface area (Å²) in [5.74, 6) is 1.51. The zero-order valence-corrected chi connectivity index (χ0v) is 22.0. The number of hydrogen-bond acceptors (Lipinski definition) is 5.